The Morgan fingerprint density at radius 3 is 2.27 bits per heavy atom. The predicted molar refractivity (Wildman–Crippen MR) is 211 cm³/mol. The van der Waals surface area contributed by atoms with Crippen molar-refractivity contribution in [2.24, 2.45) is 5.92 Å². The normalized spacial score (nSPS) is 14.5. The van der Waals surface area contributed by atoms with Gasteiger partial charge in [-0.25, -0.2) is 4.98 Å². The van der Waals surface area contributed by atoms with Gasteiger partial charge < -0.3 is 28.3 Å². The summed E-state index contributed by atoms with van der Waals surface area (Å²) in [4.78, 5) is 48.0. The van der Waals surface area contributed by atoms with E-state index >= 15 is 0 Å². The number of nitrogens with zero attached hydrogens (tertiary/aromatic N) is 2. The maximum absolute atomic E-state index is 14.8. The van der Waals surface area contributed by atoms with Gasteiger partial charge in [-0.3, -0.25) is 14.4 Å². The van der Waals surface area contributed by atoms with Crippen LogP contribution in [0.15, 0.2) is 95.4 Å². The Hall–Kier alpha value is -5.64. The molecule has 0 saturated heterocycles. The molecule has 2 heterocycles. The monoisotopic (exact) mass is 746 g/mol. The molecule has 0 spiro atoms. The Labute approximate surface area is 322 Å². The van der Waals surface area contributed by atoms with Crippen molar-refractivity contribution in [3.8, 4) is 11.5 Å². The minimum atomic E-state index is -1.06. The lowest BCUT2D eigenvalue weighted by atomic mass is 9.87. The van der Waals surface area contributed by atoms with Gasteiger partial charge in [-0.05, 0) is 113 Å². The number of ether oxygens (including phenoxy) is 4. The standard InChI is InChI=1S/C45H50N2O8/c1-29(35(33-21-22-38-39(24-33)52-28-51-38)15-12-18-40-46-36-16-10-11-17-37(36)53-40)47(27-30-19-20-31-13-8-9-14-32(31)23-30)41(48)25-34(43(50)55-45(5,6)7)26-42(49)54-44(2,3)4/h8-14,16-24,29,34-35H,15,25-28H2,1-7H3/b18-12-/t29-,34-,35+/m1/s1. The molecule has 0 bridgehead atoms. The van der Waals surface area contributed by atoms with Gasteiger partial charge in [-0.1, -0.05) is 60.7 Å². The smallest absolute Gasteiger partial charge is 0.310 e. The summed E-state index contributed by atoms with van der Waals surface area (Å²) < 4.78 is 28.7. The zero-order chi connectivity index (χ0) is 39.3. The van der Waals surface area contributed by atoms with Crippen molar-refractivity contribution in [2.75, 3.05) is 6.79 Å². The predicted octanol–water partition coefficient (Wildman–Crippen LogP) is 9.39. The van der Waals surface area contributed by atoms with E-state index in [0.717, 1.165) is 27.4 Å². The second-order valence-corrected chi connectivity index (χ2v) is 16.0. The minimum absolute atomic E-state index is 0.132. The summed E-state index contributed by atoms with van der Waals surface area (Å²) in [6, 6.07) is 27.2. The zero-order valence-corrected chi connectivity index (χ0v) is 32.7. The first-order valence-corrected chi connectivity index (χ1v) is 18.8. The van der Waals surface area contributed by atoms with E-state index in [0.29, 0.717) is 29.4 Å². The van der Waals surface area contributed by atoms with Crippen LogP contribution in [0.3, 0.4) is 0 Å². The Bertz CT molecular complexity index is 2160. The molecule has 0 unspecified atom stereocenters. The largest absolute Gasteiger partial charge is 0.460 e. The van der Waals surface area contributed by atoms with Crippen LogP contribution in [0.5, 0.6) is 11.5 Å². The molecule has 288 valence electrons. The summed E-state index contributed by atoms with van der Waals surface area (Å²) in [6.45, 7) is 13.0. The molecule has 1 amide bonds. The Balaban J connectivity index is 1.36. The van der Waals surface area contributed by atoms with E-state index in [1.165, 1.54) is 0 Å². The first-order chi connectivity index (χ1) is 26.1. The zero-order valence-electron chi connectivity index (χ0n) is 32.7. The summed E-state index contributed by atoms with van der Waals surface area (Å²) in [6.07, 6.45) is 3.81. The van der Waals surface area contributed by atoms with Crippen molar-refractivity contribution in [3.63, 3.8) is 0 Å². The van der Waals surface area contributed by atoms with Gasteiger partial charge in [0.15, 0.2) is 17.1 Å². The van der Waals surface area contributed by atoms with E-state index in [2.05, 4.69) is 11.1 Å². The number of benzene rings is 4. The second-order valence-electron chi connectivity index (χ2n) is 16.0. The quantitative estimate of drug-likeness (QED) is 0.109. The Kier molecular flexibility index (Phi) is 11.6. The maximum Gasteiger partial charge on any atom is 0.310 e. The highest BCUT2D eigenvalue weighted by Crippen LogP contribution is 2.38. The van der Waals surface area contributed by atoms with Crippen molar-refractivity contribution in [3.05, 3.63) is 108 Å². The fourth-order valence-electron chi connectivity index (χ4n) is 6.78. The van der Waals surface area contributed by atoms with Crippen LogP contribution in [0.2, 0.25) is 0 Å². The fourth-order valence-corrected chi connectivity index (χ4v) is 6.78. The van der Waals surface area contributed by atoms with Gasteiger partial charge in [0.25, 0.3) is 0 Å². The molecule has 55 heavy (non-hydrogen) atoms. The van der Waals surface area contributed by atoms with Crippen LogP contribution in [0, 0.1) is 5.92 Å². The molecule has 0 aliphatic carbocycles. The van der Waals surface area contributed by atoms with Crippen LogP contribution in [0.4, 0.5) is 0 Å². The molecule has 10 nitrogen and oxygen atoms in total. The molecule has 0 N–H and O–H groups in total. The molecule has 5 aromatic rings. The minimum Gasteiger partial charge on any atom is -0.460 e. The number of aromatic nitrogens is 1. The molecule has 4 aromatic carbocycles. The highest BCUT2D eigenvalue weighted by atomic mass is 16.7. The number of allylic oxidation sites excluding steroid dienone is 1. The number of carbonyl (C=O) groups excluding carboxylic acids is 3. The number of amides is 1. The third-order valence-electron chi connectivity index (χ3n) is 9.34. The number of para-hydroxylation sites is 2. The molecule has 10 heteroatoms. The number of hydrogen-bond acceptors (Lipinski definition) is 9. The van der Waals surface area contributed by atoms with Gasteiger partial charge in [0, 0.05) is 24.9 Å². The van der Waals surface area contributed by atoms with Gasteiger partial charge in [-0.15, -0.1) is 0 Å². The number of oxazole rings is 1. The molecule has 6 rings (SSSR count). The van der Waals surface area contributed by atoms with Crippen molar-refractivity contribution < 1.29 is 37.7 Å². The highest BCUT2D eigenvalue weighted by molar-refractivity contribution is 5.87. The third-order valence-corrected chi connectivity index (χ3v) is 9.34. The number of rotatable bonds is 13. The molecule has 0 radical (unpaired) electrons. The topological polar surface area (TPSA) is 117 Å². The van der Waals surface area contributed by atoms with E-state index in [1.54, 1.807) is 46.4 Å². The molecular formula is C45H50N2O8. The van der Waals surface area contributed by atoms with Gasteiger partial charge in [-0.2, -0.15) is 0 Å². The van der Waals surface area contributed by atoms with Crippen LogP contribution in [-0.4, -0.2) is 51.8 Å². The maximum atomic E-state index is 14.8. The van der Waals surface area contributed by atoms with Crippen molar-refractivity contribution >= 4 is 45.8 Å². The summed E-state index contributed by atoms with van der Waals surface area (Å²) in [5, 5.41) is 2.13. The average molecular weight is 747 g/mol. The first kappa shape index (κ1) is 39.1. The van der Waals surface area contributed by atoms with Crippen molar-refractivity contribution in [1.29, 1.82) is 0 Å². The van der Waals surface area contributed by atoms with E-state index in [-0.39, 0.29) is 38.0 Å². The molecule has 3 atom stereocenters. The van der Waals surface area contributed by atoms with Gasteiger partial charge in [0.05, 0.1) is 12.3 Å². The van der Waals surface area contributed by atoms with Crippen molar-refractivity contribution in [1.82, 2.24) is 9.88 Å². The lowest BCUT2D eigenvalue weighted by molar-refractivity contribution is -0.168. The molecule has 1 aromatic heterocycles. The molecule has 1 aliphatic heterocycles. The molecule has 0 saturated carbocycles. The number of hydrogen-bond donors (Lipinski definition) is 0. The molecule has 1 aliphatic rings. The fraction of sp³-hybridized carbons (Fsp3) is 0.378. The van der Waals surface area contributed by atoms with Crippen LogP contribution in [-0.2, 0) is 30.4 Å². The Morgan fingerprint density at radius 1 is 0.818 bits per heavy atom. The van der Waals surface area contributed by atoms with Gasteiger partial charge in [0.1, 0.15) is 16.7 Å². The number of fused-ring (bicyclic) bond motifs is 3. The van der Waals surface area contributed by atoms with E-state index in [9.17, 15) is 14.4 Å². The lowest BCUT2D eigenvalue weighted by Crippen LogP contribution is -2.43. The van der Waals surface area contributed by atoms with Crippen LogP contribution >= 0.6 is 0 Å². The third kappa shape index (κ3) is 10.3. The van der Waals surface area contributed by atoms with E-state index in [4.69, 9.17) is 23.4 Å². The van der Waals surface area contributed by atoms with E-state index < -0.39 is 35.1 Å². The van der Waals surface area contributed by atoms with Crippen LogP contribution in [0.1, 0.15) is 90.7 Å². The first-order valence-electron chi connectivity index (χ1n) is 18.8. The van der Waals surface area contributed by atoms with Crippen LogP contribution < -0.4 is 9.47 Å². The summed E-state index contributed by atoms with van der Waals surface area (Å²) in [5.41, 5.74) is 1.73. The van der Waals surface area contributed by atoms with Crippen LogP contribution in [0.25, 0.3) is 27.9 Å². The number of esters is 2. The number of carbonyl (C=O) groups is 3. The summed E-state index contributed by atoms with van der Waals surface area (Å²) in [5.74, 6) is -1.04. The average Bonchev–Trinajstić information content (AvgIpc) is 3.77. The SMILES string of the molecule is C[C@H]([C@H](C/C=C\c1nc2ccccc2o1)c1ccc2c(c1)OCO2)N(Cc1ccc2ccccc2c1)C(=O)C[C@H](CC(=O)OC(C)(C)C)C(=O)OC(C)(C)C. The van der Waals surface area contributed by atoms with Crippen molar-refractivity contribution in [2.45, 2.75) is 97.4 Å². The molecule has 0 fully saturated rings. The molecular weight excluding hydrogens is 697 g/mol. The lowest BCUT2D eigenvalue weighted by Gasteiger charge is -2.36. The second kappa shape index (κ2) is 16.4. The van der Waals surface area contributed by atoms with Gasteiger partial charge in [0.2, 0.25) is 18.6 Å². The summed E-state index contributed by atoms with van der Waals surface area (Å²) in [7, 11) is 0. The Morgan fingerprint density at radius 2 is 1.53 bits per heavy atom. The van der Waals surface area contributed by atoms with Gasteiger partial charge >= 0.3 is 11.9 Å². The summed E-state index contributed by atoms with van der Waals surface area (Å²) >= 11 is 0. The highest BCUT2D eigenvalue weighted by Gasteiger charge is 2.36. The van der Waals surface area contributed by atoms with E-state index in [1.807, 2.05) is 97.9 Å².